The van der Waals surface area contributed by atoms with Gasteiger partial charge in [-0.25, -0.2) is 18.7 Å². The fourth-order valence-electron chi connectivity index (χ4n) is 4.82. The number of nitrogens with two attached hydrogens (primary N) is 2. The lowest BCUT2D eigenvalue weighted by molar-refractivity contribution is -0.274. The van der Waals surface area contributed by atoms with Crippen molar-refractivity contribution in [3.05, 3.63) is 89.5 Å². The molecule has 0 atom stereocenters. The molecule has 0 unspecified atom stereocenters. The fraction of sp³-hybridized carbons (Fsp3) is 0.233. The summed E-state index contributed by atoms with van der Waals surface area (Å²) in [5.74, 6) is 1.56. The Hall–Kier alpha value is -4.58. The minimum Gasteiger partial charge on any atom is -0.406 e. The molecule has 0 radical (unpaired) electrons. The van der Waals surface area contributed by atoms with Crippen LogP contribution in [0, 0.1) is 5.82 Å². The number of halogens is 6. The van der Waals surface area contributed by atoms with Gasteiger partial charge in [0.15, 0.2) is 9.84 Å². The summed E-state index contributed by atoms with van der Waals surface area (Å²) in [6.45, 7) is -1.84. The molecule has 0 saturated carbocycles. The predicted molar refractivity (Wildman–Crippen MR) is 161 cm³/mol. The van der Waals surface area contributed by atoms with E-state index in [-0.39, 0.29) is 39.3 Å². The van der Waals surface area contributed by atoms with Crippen LogP contribution < -0.4 is 21.3 Å². The number of aliphatic hydroxyl groups excluding tert-OH is 1. The molecule has 252 valence electrons. The first-order valence-electron chi connectivity index (χ1n) is 13.4. The van der Waals surface area contributed by atoms with E-state index in [1.54, 1.807) is 0 Å². The van der Waals surface area contributed by atoms with E-state index >= 15 is 4.39 Å². The quantitative estimate of drug-likeness (QED) is 0.112. The number of aryl methyl sites for hydroxylation is 1. The molecule has 0 fully saturated rings. The summed E-state index contributed by atoms with van der Waals surface area (Å²) in [6, 6.07) is 12.1. The third-order valence-electron chi connectivity index (χ3n) is 6.96. The summed E-state index contributed by atoms with van der Waals surface area (Å²) >= 11 is 0. The number of aromatic nitrogens is 2. The molecule has 10 nitrogen and oxygen atoms in total. The van der Waals surface area contributed by atoms with Crippen molar-refractivity contribution in [3.63, 3.8) is 0 Å². The number of hydrogen-bond acceptors (Lipinski definition) is 9. The first-order valence-corrected chi connectivity index (χ1v) is 15.3. The molecule has 0 amide bonds. The van der Waals surface area contributed by atoms with Crippen molar-refractivity contribution in [1.29, 1.82) is 0 Å². The molecule has 1 aromatic heterocycles. The molecular weight excluding hydrogens is 656 g/mol. The number of rotatable bonds is 11. The van der Waals surface area contributed by atoms with E-state index in [1.165, 1.54) is 37.4 Å². The van der Waals surface area contributed by atoms with Gasteiger partial charge in [-0.3, -0.25) is 9.69 Å². The minimum atomic E-state index is -4.93. The van der Waals surface area contributed by atoms with Crippen LogP contribution in [0.1, 0.15) is 16.8 Å². The van der Waals surface area contributed by atoms with Crippen molar-refractivity contribution in [3.8, 4) is 28.1 Å². The summed E-state index contributed by atoms with van der Waals surface area (Å²) in [7, 11) is -1.49. The smallest absolute Gasteiger partial charge is 0.406 e. The highest BCUT2D eigenvalue weighted by Gasteiger charge is 2.36. The molecule has 1 heterocycles. The second-order valence-corrected chi connectivity index (χ2v) is 12.3. The third-order valence-corrected chi connectivity index (χ3v) is 8.12. The van der Waals surface area contributed by atoms with E-state index in [0.29, 0.717) is 0 Å². The Morgan fingerprint density at radius 2 is 1.70 bits per heavy atom. The lowest BCUT2D eigenvalue weighted by atomic mass is 9.98. The minimum absolute atomic E-state index is 0.0349. The molecule has 0 spiro atoms. The number of aliphatic hydroxyl groups is 1. The number of ether oxygens (including phenoxy) is 2. The first kappa shape index (κ1) is 35.3. The van der Waals surface area contributed by atoms with Crippen LogP contribution in [-0.2, 0) is 34.2 Å². The van der Waals surface area contributed by atoms with Crippen LogP contribution in [0.5, 0.6) is 5.75 Å². The van der Waals surface area contributed by atoms with Gasteiger partial charge in [0, 0.05) is 43.3 Å². The van der Waals surface area contributed by atoms with Gasteiger partial charge < -0.3 is 20.3 Å². The van der Waals surface area contributed by atoms with Crippen molar-refractivity contribution >= 4 is 21.2 Å². The fourth-order valence-corrected chi connectivity index (χ4v) is 5.77. The number of anilines is 1. The zero-order chi connectivity index (χ0) is 34.9. The van der Waals surface area contributed by atoms with E-state index in [1.807, 2.05) is 0 Å². The van der Waals surface area contributed by atoms with Crippen LogP contribution in [0.25, 0.3) is 28.1 Å². The molecule has 0 aliphatic heterocycles. The van der Waals surface area contributed by atoms with Crippen molar-refractivity contribution in [2.24, 2.45) is 18.6 Å². The second kappa shape index (κ2) is 13.3. The highest BCUT2D eigenvalue weighted by Crippen LogP contribution is 2.40. The van der Waals surface area contributed by atoms with Gasteiger partial charge in [0.25, 0.3) is 0 Å². The Balaban J connectivity index is 1.92. The number of hydrogen-bond donors (Lipinski definition) is 3. The van der Waals surface area contributed by atoms with Crippen LogP contribution in [-0.4, -0.2) is 49.6 Å². The number of methoxy groups -OCH3 is 1. The zero-order valence-corrected chi connectivity index (χ0v) is 25.8. The molecule has 0 aliphatic rings. The van der Waals surface area contributed by atoms with Crippen LogP contribution in [0.15, 0.2) is 71.8 Å². The first-order chi connectivity index (χ1) is 21.9. The molecule has 4 rings (SSSR count). The lowest BCUT2D eigenvalue weighted by Gasteiger charge is -2.26. The zero-order valence-electron chi connectivity index (χ0n) is 25.0. The number of hydrazine groups is 1. The van der Waals surface area contributed by atoms with Crippen molar-refractivity contribution < 1.29 is 49.3 Å². The second-order valence-electron chi connectivity index (χ2n) is 10.3. The number of benzene rings is 3. The van der Waals surface area contributed by atoms with Gasteiger partial charge in [-0.15, -0.1) is 13.2 Å². The van der Waals surface area contributed by atoms with Crippen molar-refractivity contribution in [2.75, 3.05) is 25.0 Å². The third kappa shape index (κ3) is 7.70. The summed E-state index contributed by atoms with van der Waals surface area (Å²) in [5.41, 5.74) is 5.78. The maximum Gasteiger partial charge on any atom is 0.573 e. The van der Waals surface area contributed by atoms with Gasteiger partial charge in [-0.05, 0) is 59.7 Å². The molecule has 5 N–H and O–H groups in total. The van der Waals surface area contributed by atoms with Gasteiger partial charge in [-0.1, -0.05) is 12.1 Å². The molecule has 17 heteroatoms. The lowest BCUT2D eigenvalue weighted by Crippen LogP contribution is -2.30. The molecule has 0 bridgehead atoms. The molecule has 0 aliphatic carbocycles. The number of alkyl halides is 5. The summed E-state index contributed by atoms with van der Waals surface area (Å²) in [4.78, 5) is -0.453. The Morgan fingerprint density at radius 1 is 1.04 bits per heavy atom. The van der Waals surface area contributed by atoms with Crippen LogP contribution in [0.4, 0.5) is 32.0 Å². The Bertz CT molecular complexity index is 1910. The predicted octanol–water partition coefficient (Wildman–Crippen LogP) is 5.06. The van der Waals surface area contributed by atoms with Crippen molar-refractivity contribution in [2.45, 2.75) is 23.8 Å². The maximum atomic E-state index is 15.0. The van der Waals surface area contributed by atoms with Crippen molar-refractivity contribution in [1.82, 2.24) is 9.78 Å². The molecular formula is C30H29F6N5O5S. The molecule has 3 aromatic carbocycles. The van der Waals surface area contributed by atoms with E-state index in [0.717, 1.165) is 59.6 Å². The highest BCUT2D eigenvalue weighted by atomic mass is 32.2. The number of sulfone groups is 1. The Kier molecular flexibility index (Phi) is 9.96. The van der Waals surface area contributed by atoms with Gasteiger partial charge in [0.2, 0.25) is 0 Å². The van der Waals surface area contributed by atoms with E-state index < -0.39 is 63.1 Å². The van der Waals surface area contributed by atoms with Gasteiger partial charge >= 0.3 is 12.3 Å². The Labute approximate surface area is 265 Å². The normalized spacial score (nSPS) is 12.8. The largest absolute Gasteiger partial charge is 0.573 e. The van der Waals surface area contributed by atoms with Crippen LogP contribution in [0.3, 0.4) is 0 Å². The van der Waals surface area contributed by atoms with E-state index in [9.17, 15) is 35.5 Å². The summed E-state index contributed by atoms with van der Waals surface area (Å²) in [6.07, 6.45) is -3.03. The monoisotopic (exact) mass is 685 g/mol. The van der Waals surface area contributed by atoms with Crippen LogP contribution >= 0.6 is 0 Å². The van der Waals surface area contributed by atoms with Gasteiger partial charge in [0.05, 0.1) is 28.6 Å². The SMILES string of the molecule is COCC(F)(F)c1cc(-c2ccc(-c3cc(F)c(CO)c(S(C)(=O)=O)c3)cc2N(N)/C(=C\N)c2ccc(OC(F)(F)F)cc2)n(C)n1. The van der Waals surface area contributed by atoms with E-state index in [2.05, 4.69) is 14.6 Å². The molecule has 47 heavy (non-hydrogen) atoms. The highest BCUT2D eigenvalue weighted by molar-refractivity contribution is 7.90. The topological polar surface area (TPSA) is 146 Å². The average Bonchev–Trinajstić information content (AvgIpc) is 3.38. The number of nitrogens with zero attached hydrogens (tertiary/aromatic N) is 3. The van der Waals surface area contributed by atoms with Gasteiger partial charge in [0.1, 0.15) is 23.9 Å². The van der Waals surface area contributed by atoms with Crippen LogP contribution in [0.2, 0.25) is 0 Å². The maximum absolute atomic E-state index is 15.0. The average molecular weight is 686 g/mol. The standard InChI is InChI=1S/C30H29F6N5O5S/c1-40-24(13-28(39-40)29(32,33)16-45-2)21-9-6-18(19-10-23(31)22(15-42)27(12-19)47(3,43)44)11-25(21)41(38)26(14-37)17-4-7-20(8-5-17)46-30(34,35)36/h4-14,42H,15-16,37-38H2,1-3H3/b26-14-. The molecule has 0 saturated heterocycles. The van der Waals surface area contributed by atoms with Gasteiger partial charge in [-0.2, -0.15) is 13.9 Å². The summed E-state index contributed by atoms with van der Waals surface area (Å²) < 4.78 is 117. The van der Waals surface area contributed by atoms with E-state index in [4.69, 9.17) is 11.6 Å². The molecule has 4 aromatic rings. The Morgan fingerprint density at radius 3 is 2.26 bits per heavy atom. The summed E-state index contributed by atoms with van der Waals surface area (Å²) in [5, 5.41) is 14.6.